The van der Waals surface area contributed by atoms with E-state index in [2.05, 4.69) is 10.6 Å². The lowest BCUT2D eigenvalue weighted by molar-refractivity contribution is 0.229. The third-order valence-electron chi connectivity index (χ3n) is 3.47. The summed E-state index contributed by atoms with van der Waals surface area (Å²) >= 11 is 0. The Bertz CT molecular complexity index is 425. The molecule has 1 atom stereocenters. The standard InChI is InChI=1S/C14H22FN3O2/c15-13-9-11(17-12(10-20)3-8-19)1-2-14(13)18-6-4-16-5-7-18/h1-2,9,12,16-17,19-20H,3-8,10H2. The molecular formula is C14H22FN3O2. The molecule has 0 spiro atoms. The Hall–Kier alpha value is -1.37. The molecule has 1 aliphatic rings. The molecule has 5 nitrogen and oxygen atoms in total. The highest BCUT2D eigenvalue weighted by atomic mass is 19.1. The highest BCUT2D eigenvalue weighted by Gasteiger charge is 2.15. The number of hydrogen-bond donors (Lipinski definition) is 4. The Morgan fingerprint density at radius 2 is 2.05 bits per heavy atom. The number of halogens is 1. The summed E-state index contributed by atoms with van der Waals surface area (Å²) < 4.78 is 14.2. The van der Waals surface area contributed by atoms with E-state index in [1.165, 1.54) is 6.07 Å². The molecule has 2 rings (SSSR count). The lowest BCUT2D eigenvalue weighted by Gasteiger charge is -2.30. The number of anilines is 2. The van der Waals surface area contributed by atoms with Gasteiger partial charge in [0.05, 0.1) is 18.3 Å². The summed E-state index contributed by atoms with van der Waals surface area (Å²) in [6.07, 6.45) is 0.428. The van der Waals surface area contributed by atoms with Crippen LogP contribution in [0.5, 0.6) is 0 Å². The molecule has 1 fully saturated rings. The first-order chi connectivity index (χ1) is 9.74. The number of rotatable bonds is 6. The molecule has 0 aromatic heterocycles. The Balaban J connectivity index is 2.04. The molecule has 0 radical (unpaired) electrons. The van der Waals surface area contributed by atoms with Crippen LogP contribution < -0.4 is 15.5 Å². The lowest BCUT2D eigenvalue weighted by Crippen LogP contribution is -2.43. The van der Waals surface area contributed by atoms with Crippen molar-refractivity contribution in [1.82, 2.24) is 5.32 Å². The molecule has 20 heavy (non-hydrogen) atoms. The summed E-state index contributed by atoms with van der Waals surface area (Å²) in [4.78, 5) is 2.02. The lowest BCUT2D eigenvalue weighted by atomic mass is 10.2. The van der Waals surface area contributed by atoms with Crippen LogP contribution >= 0.6 is 0 Å². The van der Waals surface area contributed by atoms with Crippen molar-refractivity contribution < 1.29 is 14.6 Å². The normalized spacial score (nSPS) is 17.1. The van der Waals surface area contributed by atoms with E-state index in [9.17, 15) is 4.39 Å². The largest absolute Gasteiger partial charge is 0.396 e. The van der Waals surface area contributed by atoms with Gasteiger partial charge in [-0.25, -0.2) is 4.39 Å². The molecule has 0 aliphatic carbocycles. The van der Waals surface area contributed by atoms with Gasteiger partial charge in [-0.05, 0) is 24.6 Å². The minimum Gasteiger partial charge on any atom is -0.396 e. The number of piperazine rings is 1. The predicted octanol–water partition coefficient (Wildman–Crippen LogP) is 0.390. The molecule has 6 heteroatoms. The van der Waals surface area contributed by atoms with E-state index in [1.54, 1.807) is 12.1 Å². The molecule has 1 aromatic rings. The van der Waals surface area contributed by atoms with Crippen LogP contribution in [-0.4, -0.2) is 55.6 Å². The molecular weight excluding hydrogens is 261 g/mol. The average molecular weight is 283 g/mol. The van der Waals surface area contributed by atoms with Crippen LogP contribution in [0.25, 0.3) is 0 Å². The zero-order valence-corrected chi connectivity index (χ0v) is 11.5. The van der Waals surface area contributed by atoms with Crippen molar-refractivity contribution in [2.45, 2.75) is 12.5 Å². The molecule has 1 aliphatic heterocycles. The predicted molar refractivity (Wildman–Crippen MR) is 77.7 cm³/mol. The molecule has 1 heterocycles. The van der Waals surface area contributed by atoms with Crippen molar-refractivity contribution in [3.05, 3.63) is 24.0 Å². The minimum atomic E-state index is -0.266. The van der Waals surface area contributed by atoms with Crippen LogP contribution in [0, 0.1) is 5.82 Å². The first-order valence-corrected chi connectivity index (χ1v) is 6.98. The minimum absolute atomic E-state index is 0.0143. The number of nitrogens with one attached hydrogen (secondary N) is 2. The molecule has 0 saturated carbocycles. The summed E-state index contributed by atoms with van der Waals surface area (Å²) in [5, 5.41) is 24.3. The zero-order chi connectivity index (χ0) is 14.4. The molecule has 1 unspecified atom stereocenters. The number of benzene rings is 1. The average Bonchev–Trinajstić information content (AvgIpc) is 2.48. The Kier molecular flexibility index (Phi) is 5.58. The fourth-order valence-electron chi connectivity index (χ4n) is 2.36. The fourth-order valence-corrected chi connectivity index (χ4v) is 2.36. The van der Waals surface area contributed by atoms with Gasteiger partial charge in [-0.15, -0.1) is 0 Å². The van der Waals surface area contributed by atoms with Crippen LogP contribution in [0.3, 0.4) is 0 Å². The molecule has 4 N–H and O–H groups in total. The number of nitrogens with zero attached hydrogens (tertiary/aromatic N) is 1. The van der Waals surface area contributed by atoms with Crippen molar-refractivity contribution in [3.8, 4) is 0 Å². The molecule has 112 valence electrons. The topological polar surface area (TPSA) is 67.8 Å². The SMILES string of the molecule is OCCC(CO)Nc1ccc(N2CCNCC2)c(F)c1. The van der Waals surface area contributed by atoms with Crippen molar-refractivity contribution >= 4 is 11.4 Å². The summed E-state index contributed by atoms with van der Waals surface area (Å²) in [5.41, 5.74) is 1.23. The maximum Gasteiger partial charge on any atom is 0.148 e. The quantitative estimate of drug-likeness (QED) is 0.608. The van der Waals surface area contributed by atoms with Crippen molar-refractivity contribution in [2.24, 2.45) is 0 Å². The van der Waals surface area contributed by atoms with Gasteiger partial charge in [-0.3, -0.25) is 0 Å². The second kappa shape index (κ2) is 7.42. The van der Waals surface area contributed by atoms with Gasteiger partial charge in [0.2, 0.25) is 0 Å². The van der Waals surface area contributed by atoms with E-state index in [0.29, 0.717) is 17.8 Å². The van der Waals surface area contributed by atoms with Gasteiger partial charge >= 0.3 is 0 Å². The van der Waals surface area contributed by atoms with Crippen LogP contribution in [0.2, 0.25) is 0 Å². The fraction of sp³-hybridized carbons (Fsp3) is 0.571. The monoisotopic (exact) mass is 283 g/mol. The second-order valence-electron chi connectivity index (χ2n) is 4.94. The smallest absolute Gasteiger partial charge is 0.148 e. The molecule has 0 bridgehead atoms. The molecule has 0 amide bonds. The van der Waals surface area contributed by atoms with E-state index in [4.69, 9.17) is 10.2 Å². The highest BCUT2D eigenvalue weighted by molar-refractivity contribution is 5.57. The number of aliphatic hydroxyl groups excluding tert-OH is 2. The van der Waals surface area contributed by atoms with E-state index < -0.39 is 0 Å². The number of aliphatic hydroxyl groups is 2. The van der Waals surface area contributed by atoms with Crippen LogP contribution in [0.4, 0.5) is 15.8 Å². The van der Waals surface area contributed by atoms with Crippen LogP contribution in [-0.2, 0) is 0 Å². The zero-order valence-electron chi connectivity index (χ0n) is 11.5. The van der Waals surface area contributed by atoms with Gasteiger partial charge < -0.3 is 25.7 Å². The third-order valence-corrected chi connectivity index (χ3v) is 3.47. The first-order valence-electron chi connectivity index (χ1n) is 6.98. The van der Waals surface area contributed by atoms with Gasteiger partial charge in [0.25, 0.3) is 0 Å². The van der Waals surface area contributed by atoms with Gasteiger partial charge in [0.1, 0.15) is 5.82 Å². The summed E-state index contributed by atoms with van der Waals surface area (Å²) in [7, 11) is 0. The maximum absolute atomic E-state index is 14.2. The van der Waals surface area contributed by atoms with Crippen LogP contribution in [0.1, 0.15) is 6.42 Å². The van der Waals surface area contributed by atoms with E-state index >= 15 is 0 Å². The summed E-state index contributed by atoms with van der Waals surface area (Å²) in [6.45, 7) is 3.22. The third kappa shape index (κ3) is 3.82. The summed E-state index contributed by atoms with van der Waals surface area (Å²) in [6, 6.07) is 4.75. The Morgan fingerprint density at radius 1 is 1.30 bits per heavy atom. The molecule has 1 aromatic carbocycles. The van der Waals surface area contributed by atoms with Crippen molar-refractivity contribution in [3.63, 3.8) is 0 Å². The Morgan fingerprint density at radius 3 is 2.65 bits per heavy atom. The maximum atomic E-state index is 14.2. The van der Waals surface area contributed by atoms with Crippen LogP contribution in [0.15, 0.2) is 18.2 Å². The molecule has 1 saturated heterocycles. The van der Waals surface area contributed by atoms with Gasteiger partial charge in [-0.2, -0.15) is 0 Å². The van der Waals surface area contributed by atoms with Gasteiger partial charge in [0.15, 0.2) is 0 Å². The second-order valence-corrected chi connectivity index (χ2v) is 4.94. The number of hydrogen-bond acceptors (Lipinski definition) is 5. The van der Waals surface area contributed by atoms with Gasteiger partial charge in [-0.1, -0.05) is 0 Å². The first kappa shape index (κ1) is 15.0. The Labute approximate surface area is 118 Å². The van der Waals surface area contributed by atoms with Gasteiger partial charge in [0, 0.05) is 38.5 Å². The highest BCUT2D eigenvalue weighted by Crippen LogP contribution is 2.23. The van der Waals surface area contributed by atoms with E-state index in [-0.39, 0.29) is 25.1 Å². The van der Waals surface area contributed by atoms with Crippen molar-refractivity contribution in [2.75, 3.05) is 49.6 Å². The summed E-state index contributed by atoms with van der Waals surface area (Å²) in [5.74, 6) is -0.266. The van der Waals surface area contributed by atoms with E-state index in [1.807, 2.05) is 4.90 Å². The van der Waals surface area contributed by atoms with Crippen molar-refractivity contribution in [1.29, 1.82) is 0 Å². The van der Waals surface area contributed by atoms with E-state index in [0.717, 1.165) is 26.2 Å².